The Labute approximate surface area is 140 Å². The number of thiazole rings is 1. The standard InChI is InChI=1S/C11H10ClN7O2S2/c12-8-5-22-11(16-8)19-9(13)17-10(18-19)15-6-1-3-7(4-2-6)23(14,20)21/h1-5H,(H2,14,20,21)(H3,13,15,17,18). The van der Waals surface area contributed by atoms with Crippen molar-refractivity contribution in [1.29, 1.82) is 0 Å². The van der Waals surface area contributed by atoms with Crippen LogP contribution in [0.1, 0.15) is 0 Å². The average molecular weight is 372 g/mol. The molecule has 0 saturated heterocycles. The van der Waals surface area contributed by atoms with Crippen LogP contribution >= 0.6 is 22.9 Å². The third kappa shape index (κ3) is 3.42. The van der Waals surface area contributed by atoms with Crippen LogP contribution < -0.4 is 16.2 Å². The first-order valence-electron chi connectivity index (χ1n) is 6.07. The molecule has 2 aromatic heterocycles. The van der Waals surface area contributed by atoms with Gasteiger partial charge in [-0.2, -0.15) is 9.67 Å². The van der Waals surface area contributed by atoms with E-state index in [1.807, 2.05) is 0 Å². The van der Waals surface area contributed by atoms with Gasteiger partial charge in [0.25, 0.3) is 0 Å². The van der Waals surface area contributed by atoms with Crippen molar-refractivity contribution in [3.8, 4) is 5.13 Å². The fourth-order valence-electron chi connectivity index (χ4n) is 1.72. The molecule has 0 aliphatic heterocycles. The van der Waals surface area contributed by atoms with E-state index in [0.29, 0.717) is 16.0 Å². The Hall–Kier alpha value is -2.21. The number of benzene rings is 1. The van der Waals surface area contributed by atoms with Crippen molar-refractivity contribution in [3.05, 3.63) is 34.8 Å². The molecule has 12 heteroatoms. The second-order valence-electron chi connectivity index (χ2n) is 4.35. The van der Waals surface area contributed by atoms with Gasteiger partial charge in [-0.15, -0.1) is 16.4 Å². The second kappa shape index (κ2) is 5.77. The summed E-state index contributed by atoms with van der Waals surface area (Å²) >= 11 is 7.04. The van der Waals surface area contributed by atoms with Crippen molar-refractivity contribution < 1.29 is 8.42 Å². The first kappa shape index (κ1) is 15.7. The molecule has 1 aromatic carbocycles. The Kier molecular flexibility index (Phi) is 3.93. The Morgan fingerprint density at radius 2 is 1.91 bits per heavy atom. The number of sulfonamides is 1. The molecule has 0 aliphatic carbocycles. The third-order valence-corrected chi connectivity index (χ3v) is 4.78. The van der Waals surface area contributed by atoms with Gasteiger partial charge in [0.15, 0.2) is 0 Å². The maximum absolute atomic E-state index is 11.2. The Balaban J connectivity index is 1.84. The molecular formula is C11H10ClN7O2S2. The molecule has 0 atom stereocenters. The van der Waals surface area contributed by atoms with Crippen molar-refractivity contribution in [2.45, 2.75) is 4.90 Å². The van der Waals surface area contributed by atoms with Gasteiger partial charge in [0.05, 0.1) is 4.90 Å². The summed E-state index contributed by atoms with van der Waals surface area (Å²) in [6, 6.07) is 5.82. The topological polar surface area (TPSA) is 142 Å². The lowest BCUT2D eigenvalue weighted by Crippen LogP contribution is -2.11. The average Bonchev–Trinajstić information content (AvgIpc) is 3.04. The summed E-state index contributed by atoms with van der Waals surface area (Å²) in [7, 11) is -3.73. The van der Waals surface area contributed by atoms with E-state index >= 15 is 0 Å². The van der Waals surface area contributed by atoms with Crippen molar-refractivity contribution in [3.63, 3.8) is 0 Å². The van der Waals surface area contributed by atoms with Crippen molar-refractivity contribution in [1.82, 2.24) is 19.7 Å². The van der Waals surface area contributed by atoms with Crippen molar-refractivity contribution in [2.24, 2.45) is 5.14 Å². The molecule has 0 unspecified atom stereocenters. The predicted octanol–water partition coefficient (Wildman–Crippen LogP) is 1.35. The molecule has 0 radical (unpaired) electrons. The van der Waals surface area contributed by atoms with E-state index in [1.54, 1.807) is 5.38 Å². The van der Waals surface area contributed by atoms with Gasteiger partial charge < -0.3 is 11.1 Å². The number of hydrogen-bond acceptors (Lipinski definition) is 8. The molecule has 0 spiro atoms. The minimum absolute atomic E-state index is 0.0125. The fourth-order valence-corrected chi connectivity index (χ4v) is 3.14. The quantitative estimate of drug-likeness (QED) is 0.628. The molecule has 0 saturated carbocycles. The van der Waals surface area contributed by atoms with Crippen molar-refractivity contribution in [2.75, 3.05) is 11.1 Å². The summed E-state index contributed by atoms with van der Waals surface area (Å²) in [5, 5.41) is 14.6. The van der Waals surface area contributed by atoms with Crippen LogP contribution in [0.2, 0.25) is 5.15 Å². The second-order valence-corrected chi connectivity index (χ2v) is 7.14. The monoisotopic (exact) mass is 371 g/mol. The van der Waals surface area contributed by atoms with Crippen LogP contribution in [0.5, 0.6) is 0 Å². The molecule has 3 rings (SSSR count). The molecule has 120 valence electrons. The van der Waals surface area contributed by atoms with Crippen LogP contribution in [0, 0.1) is 0 Å². The molecule has 23 heavy (non-hydrogen) atoms. The molecule has 0 fully saturated rings. The van der Waals surface area contributed by atoms with Crippen LogP contribution in [0.3, 0.4) is 0 Å². The molecule has 5 N–H and O–H groups in total. The van der Waals surface area contributed by atoms with Crippen LogP contribution in [-0.2, 0) is 10.0 Å². The first-order chi connectivity index (χ1) is 10.8. The smallest absolute Gasteiger partial charge is 0.248 e. The lowest BCUT2D eigenvalue weighted by atomic mass is 10.3. The number of nitrogen functional groups attached to an aromatic ring is 1. The summed E-state index contributed by atoms with van der Waals surface area (Å²) in [6.07, 6.45) is 0. The summed E-state index contributed by atoms with van der Waals surface area (Å²) in [5.41, 5.74) is 6.37. The largest absolute Gasteiger partial charge is 0.368 e. The zero-order valence-electron chi connectivity index (χ0n) is 11.3. The summed E-state index contributed by atoms with van der Waals surface area (Å²) in [5.74, 6) is 0.372. The predicted molar refractivity (Wildman–Crippen MR) is 87.6 cm³/mol. The molecule has 9 nitrogen and oxygen atoms in total. The highest BCUT2D eigenvalue weighted by Crippen LogP contribution is 2.22. The Bertz CT molecular complexity index is 949. The van der Waals surface area contributed by atoms with Gasteiger partial charge in [-0.05, 0) is 24.3 Å². The number of rotatable bonds is 4. The number of nitrogens with two attached hydrogens (primary N) is 2. The van der Waals surface area contributed by atoms with E-state index in [4.69, 9.17) is 22.5 Å². The number of nitrogens with one attached hydrogen (secondary N) is 1. The molecule has 0 amide bonds. The maximum Gasteiger partial charge on any atom is 0.248 e. The van der Waals surface area contributed by atoms with E-state index in [9.17, 15) is 8.42 Å². The van der Waals surface area contributed by atoms with Crippen LogP contribution in [0.15, 0.2) is 34.5 Å². The Morgan fingerprint density at radius 3 is 2.48 bits per heavy atom. The summed E-state index contributed by atoms with van der Waals surface area (Å²) in [4.78, 5) is 8.13. The zero-order chi connectivity index (χ0) is 16.6. The lowest BCUT2D eigenvalue weighted by molar-refractivity contribution is 0.598. The van der Waals surface area contributed by atoms with Gasteiger partial charge in [0.2, 0.25) is 27.1 Å². The summed E-state index contributed by atoms with van der Waals surface area (Å²) in [6.45, 7) is 0. The first-order valence-corrected chi connectivity index (χ1v) is 8.87. The minimum atomic E-state index is -3.73. The molecule has 2 heterocycles. The van der Waals surface area contributed by atoms with E-state index in [1.165, 1.54) is 40.3 Å². The van der Waals surface area contributed by atoms with Gasteiger partial charge in [0.1, 0.15) is 5.15 Å². The van der Waals surface area contributed by atoms with Gasteiger partial charge in [-0.1, -0.05) is 11.6 Å². The normalized spacial score (nSPS) is 11.6. The molecule has 0 bridgehead atoms. The summed E-state index contributed by atoms with van der Waals surface area (Å²) < 4.78 is 23.8. The van der Waals surface area contributed by atoms with Gasteiger partial charge >= 0.3 is 0 Å². The van der Waals surface area contributed by atoms with Gasteiger partial charge in [0, 0.05) is 11.1 Å². The number of anilines is 3. The third-order valence-electron chi connectivity index (χ3n) is 2.72. The van der Waals surface area contributed by atoms with Crippen molar-refractivity contribution >= 4 is 50.5 Å². The van der Waals surface area contributed by atoms with E-state index in [-0.39, 0.29) is 16.8 Å². The van der Waals surface area contributed by atoms with Crippen LogP contribution in [-0.4, -0.2) is 28.2 Å². The van der Waals surface area contributed by atoms with Gasteiger partial charge in [-0.25, -0.2) is 18.5 Å². The maximum atomic E-state index is 11.2. The van der Waals surface area contributed by atoms with Crippen LogP contribution in [0.4, 0.5) is 17.6 Å². The Morgan fingerprint density at radius 1 is 1.22 bits per heavy atom. The number of hydrogen-bond donors (Lipinski definition) is 3. The number of halogens is 1. The zero-order valence-corrected chi connectivity index (χ0v) is 13.7. The highest BCUT2D eigenvalue weighted by Gasteiger charge is 2.13. The number of aromatic nitrogens is 4. The number of primary sulfonamides is 1. The molecular weight excluding hydrogens is 362 g/mol. The van der Waals surface area contributed by atoms with E-state index in [0.717, 1.165) is 0 Å². The minimum Gasteiger partial charge on any atom is -0.368 e. The highest BCUT2D eigenvalue weighted by atomic mass is 35.5. The highest BCUT2D eigenvalue weighted by molar-refractivity contribution is 7.89. The molecule has 0 aliphatic rings. The fraction of sp³-hybridized carbons (Fsp3) is 0. The van der Waals surface area contributed by atoms with E-state index < -0.39 is 10.0 Å². The van der Waals surface area contributed by atoms with Gasteiger partial charge in [-0.3, -0.25) is 0 Å². The lowest BCUT2D eigenvalue weighted by Gasteiger charge is -2.02. The SMILES string of the molecule is Nc1nc(Nc2ccc(S(N)(=O)=O)cc2)nn1-c1nc(Cl)cs1. The van der Waals surface area contributed by atoms with Crippen LogP contribution in [0.25, 0.3) is 5.13 Å². The molecule has 3 aromatic rings. The van der Waals surface area contributed by atoms with E-state index in [2.05, 4.69) is 20.4 Å². The number of nitrogens with zero attached hydrogens (tertiary/aromatic N) is 4.